The van der Waals surface area contributed by atoms with Crippen LogP contribution in [-0.4, -0.2) is 42.6 Å². The van der Waals surface area contributed by atoms with Gasteiger partial charge in [-0.2, -0.15) is 18.2 Å². The molecular weight excluding hydrogens is 548 g/mol. The van der Waals surface area contributed by atoms with Crippen molar-refractivity contribution in [2.75, 3.05) is 12.4 Å². The highest BCUT2D eigenvalue weighted by molar-refractivity contribution is 8.00. The summed E-state index contributed by atoms with van der Waals surface area (Å²) in [5.74, 6) is 1.11. The summed E-state index contributed by atoms with van der Waals surface area (Å²) in [6.45, 7) is 3.70. The summed E-state index contributed by atoms with van der Waals surface area (Å²) in [7, 11) is -4.35. The van der Waals surface area contributed by atoms with E-state index in [4.69, 9.17) is 26.8 Å². The van der Waals surface area contributed by atoms with Crippen LogP contribution in [0.3, 0.4) is 0 Å². The summed E-state index contributed by atoms with van der Waals surface area (Å²) in [5, 5.41) is 5.57. The second kappa shape index (κ2) is 10.3. The van der Waals surface area contributed by atoms with E-state index in [9.17, 15) is 13.2 Å². The summed E-state index contributed by atoms with van der Waals surface area (Å²) >= 11 is 7.59. The molecule has 0 fully saturated rings. The molecule has 0 bridgehead atoms. The van der Waals surface area contributed by atoms with Crippen molar-refractivity contribution >= 4 is 50.1 Å². The molecule has 0 amide bonds. The number of nitrogens with two attached hydrogens (primary N) is 1. The van der Waals surface area contributed by atoms with E-state index in [-0.39, 0.29) is 11.0 Å². The van der Waals surface area contributed by atoms with Crippen LogP contribution in [0.25, 0.3) is 10.8 Å². The van der Waals surface area contributed by atoms with Crippen LogP contribution >= 0.6 is 23.4 Å². The molecule has 1 aromatic heterocycles. The summed E-state index contributed by atoms with van der Waals surface area (Å²) in [6.07, 6.45) is -0.317. The van der Waals surface area contributed by atoms with Crippen molar-refractivity contribution < 1.29 is 17.9 Å². The molecular formula is C26H23ClN4O5S2. The molecule has 0 saturated carbocycles. The number of halogens is 1. The molecule has 2 heterocycles. The number of aryl methyl sites for hydroxylation is 2. The lowest BCUT2D eigenvalue weighted by molar-refractivity contribution is 0.107. The van der Waals surface area contributed by atoms with Crippen molar-refractivity contribution in [1.82, 2.24) is 9.78 Å². The van der Waals surface area contributed by atoms with Crippen molar-refractivity contribution in [2.24, 2.45) is 10.1 Å². The highest BCUT2D eigenvalue weighted by atomic mass is 35.5. The van der Waals surface area contributed by atoms with Gasteiger partial charge in [-0.3, -0.25) is 4.79 Å². The molecule has 38 heavy (non-hydrogen) atoms. The predicted molar refractivity (Wildman–Crippen MR) is 148 cm³/mol. The molecule has 1 unspecified atom stereocenters. The Morgan fingerprint density at radius 2 is 1.82 bits per heavy atom. The molecule has 1 aliphatic rings. The largest absolute Gasteiger partial charge is 0.486 e. The number of hydrogen-bond acceptors (Lipinski definition) is 7. The van der Waals surface area contributed by atoms with Crippen LogP contribution < -0.4 is 20.8 Å². The predicted octanol–water partition coefficient (Wildman–Crippen LogP) is 4.15. The SMILES string of the molecule is Cc1cc(S(=O)(=O)/N=C(\N)n2nc(C)c3ccccc3c2=O)c(SCC2COc3ccccc3O2)cc1Cl. The molecule has 1 aliphatic heterocycles. The number of para-hydroxylation sites is 2. The Morgan fingerprint density at radius 1 is 1.13 bits per heavy atom. The van der Waals surface area contributed by atoms with Crippen molar-refractivity contribution in [1.29, 1.82) is 0 Å². The van der Waals surface area contributed by atoms with Gasteiger partial charge in [0.25, 0.3) is 15.6 Å². The number of thioether (sulfide) groups is 1. The Balaban J connectivity index is 1.47. The van der Waals surface area contributed by atoms with Crippen molar-refractivity contribution in [2.45, 2.75) is 29.7 Å². The maximum absolute atomic E-state index is 13.5. The lowest BCUT2D eigenvalue weighted by atomic mass is 10.1. The Labute approximate surface area is 228 Å². The molecule has 2 N–H and O–H groups in total. The van der Waals surface area contributed by atoms with E-state index >= 15 is 0 Å². The molecule has 1 atom stereocenters. The first-order valence-corrected chi connectivity index (χ1v) is 14.4. The van der Waals surface area contributed by atoms with Crippen molar-refractivity contribution in [3.05, 3.63) is 87.3 Å². The molecule has 4 aromatic rings. The third kappa shape index (κ3) is 5.09. The minimum absolute atomic E-state index is 0.0879. The Hall–Kier alpha value is -3.54. The van der Waals surface area contributed by atoms with Crippen LogP contribution in [0.15, 0.2) is 79.6 Å². The summed E-state index contributed by atoms with van der Waals surface area (Å²) in [4.78, 5) is 13.3. The summed E-state index contributed by atoms with van der Waals surface area (Å²) in [6, 6.07) is 17.2. The number of rotatable bonds is 5. The normalized spacial score (nSPS) is 15.6. The van der Waals surface area contributed by atoms with Crippen LogP contribution in [0.2, 0.25) is 5.02 Å². The monoisotopic (exact) mass is 570 g/mol. The first kappa shape index (κ1) is 26.1. The maximum atomic E-state index is 13.5. The van der Waals surface area contributed by atoms with Gasteiger partial charge in [0.2, 0.25) is 5.96 Å². The Kier molecular flexibility index (Phi) is 7.08. The van der Waals surface area contributed by atoms with Gasteiger partial charge in [0.05, 0.1) is 11.1 Å². The lowest BCUT2D eigenvalue weighted by Crippen LogP contribution is -2.36. The number of ether oxygens (including phenoxy) is 2. The van der Waals surface area contributed by atoms with E-state index < -0.39 is 21.5 Å². The molecule has 196 valence electrons. The third-order valence-electron chi connectivity index (χ3n) is 5.92. The second-order valence-corrected chi connectivity index (χ2v) is 11.7. The highest BCUT2D eigenvalue weighted by Crippen LogP contribution is 2.36. The fourth-order valence-electron chi connectivity index (χ4n) is 3.99. The number of benzene rings is 3. The Morgan fingerprint density at radius 3 is 2.58 bits per heavy atom. The second-order valence-electron chi connectivity index (χ2n) is 8.63. The fourth-order valence-corrected chi connectivity index (χ4v) is 6.71. The first-order chi connectivity index (χ1) is 18.1. The van der Waals surface area contributed by atoms with Gasteiger partial charge in [0.15, 0.2) is 11.5 Å². The van der Waals surface area contributed by atoms with Gasteiger partial charge >= 0.3 is 0 Å². The third-order valence-corrected chi connectivity index (χ3v) is 8.96. The van der Waals surface area contributed by atoms with Gasteiger partial charge in [-0.05, 0) is 49.7 Å². The Bertz CT molecular complexity index is 1750. The zero-order chi connectivity index (χ0) is 27.0. The minimum atomic E-state index is -4.35. The van der Waals surface area contributed by atoms with Crippen LogP contribution in [0.5, 0.6) is 11.5 Å². The lowest BCUT2D eigenvalue weighted by Gasteiger charge is -2.26. The number of nitrogens with zero attached hydrogens (tertiary/aromatic N) is 3. The van der Waals surface area contributed by atoms with Crippen molar-refractivity contribution in [3.63, 3.8) is 0 Å². The average molecular weight is 571 g/mol. The van der Waals surface area contributed by atoms with E-state index in [0.29, 0.717) is 55.8 Å². The van der Waals surface area contributed by atoms with Gasteiger partial charge in [0, 0.05) is 21.1 Å². The maximum Gasteiger partial charge on any atom is 0.286 e. The van der Waals surface area contributed by atoms with Crippen LogP contribution in [0, 0.1) is 13.8 Å². The van der Waals surface area contributed by atoms with E-state index in [2.05, 4.69) is 9.50 Å². The summed E-state index contributed by atoms with van der Waals surface area (Å²) < 4.78 is 43.2. The van der Waals surface area contributed by atoms with E-state index in [1.807, 2.05) is 24.3 Å². The topological polar surface area (TPSA) is 126 Å². The standard InChI is InChI=1S/C26H23ClN4O5S2/c1-15-11-24(23(12-20(15)27)37-14-17-13-35-21-9-5-6-10-22(21)36-17)38(33,34)30-26(28)31-25(32)19-8-4-3-7-18(19)16(2)29-31/h3-12,17H,13-14H2,1-2H3,(H2,28,30). The summed E-state index contributed by atoms with van der Waals surface area (Å²) in [5.41, 5.74) is 6.52. The van der Waals surface area contributed by atoms with E-state index in [1.54, 1.807) is 44.2 Å². The number of sulfonamides is 1. The molecule has 5 rings (SSSR count). The smallest absolute Gasteiger partial charge is 0.286 e. The van der Waals surface area contributed by atoms with Crippen molar-refractivity contribution in [3.8, 4) is 11.5 Å². The average Bonchev–Trinajstić information content (AvgIpc) is 2.90. The van der Waals surface area contributed by atoms with Gasteiger partial charge in [-0.1, -0.05) is 41.9 Å². The molecule has 3 aromatic carbocycles. The van der Waals surface area contributed by atoms with Gasteiger partial charge < -0.3 is 15.2 Å². The first-order valence-electron chi connectivity index (χ1n) is 11.5. The number of aromatic nitrogens is 2. The molecule has 0 saturated heterocycles. The zero-order valence-electron chi connectivity index (χ0n) is 20.4. The van der Waals surface area contributed by atoms with Gasteiger partial charge in [0.1, 0.15) is 17.6 Å². The molecule has 0 radical (unpaired) electrons. The van der Waals surface area contributed by atoms with Crippen LogP contribution in [0.4, 0.5) is 0 Å². The van der Waals surface area contributed by atoms with Crippen LogP contribution in [0.1, 0.15) is 11.3 Å². The van der Waals surface area contributed by atoms with E-state index in [0.717, 1.165) is 4.68 Å². The highest BCUT2D eigenvalue weighted by Gasteiger charge is 2.25. The number of hydrogen-bond donors (Lipinski definition) is 1. The van der Waals surface area contributed by atoms with Gasteiger partial charge in [-0.15, -0.1) is 16.2 Å². The molecule has 9 nitrogen and oxygen atoms in total. The zero-order valence-corrected chi connectivity index (χ0v) is 22.8. The fraction of sp³-hybridized carbons (Fsp3) is 0.192. The number of fused-ring (bicyclic) bond motifs is 2. The molecule has 0 spiro atoms. The molecule has 12 heteroatoms. The van der Waals surface area contributed by atoms with Gasteiger partial charge in [-0.25, -0.2) is 0 Å². The quantitative estimate of drug-likeness (QED) is 0.215. The van der Waals surface area contributed by atoms with E-state index in [1.165, 1.54) is 17.8 Å². The minimum Gasteiger partial charge on any atom is -0.486 e. The van der Waals surface area contributed by atoms with Crippen LogP contribution in [-0.2, 0) is 10.0 Å². The molecule has 0 aliphatic carbocycles.